The van der Waals surface area contributed by atoms with E-state index in [9.17, 15) is 4.39 Å². The van der Waals surface area contributed by atoms with E-state index in [4.69, 9.17) is 0 Å². The SMILES string of the molecule is C=CCCCN(C)C(=NC)NCCc1c[nH]c2cc(F)ccc12. The second-order valence-corrected chi connectivity index (χ2v) is 5.58. The van der Waals surface area contributed by atoms with E-state index < -0.39 is 0 Å². The van der Waals surface area contributed by atoms with Gasteiger partial charge in [-0.25, -0.2) is 4.39 Å². The average Bonchev–Trinajstić information content (AvgIpc) is 2.93. The molecule has 2 N–H and O–H groups in total. The molecule has 1 heterocycles. The van der Waals surface area contributed by atoms with Gasteiger partial charge >= 0.3 is 0 Å². The minimum atomic E-state index is -0.217. The highest BCUT2D eigenvalue weighted by Gasteiger charge is 2.07. The molecule has 0 spiro atoms. The number of hydrogen-bond acceptors (Lipinski definition) is 1. The molecule has 2 aromatic rings. The number of hydrogen-bond donors (Lipinski definition) is 2. The van der Waals surface area contributed by atoms with Crippen LogP contribution in [-0.2, 0) is 6.42 Å². The quantitative estimate of drug-likeness (QED) is 0.356. The summed E-state index contributed by atoms with van der Waals surface area (Å²) in [6, 6.07) is 4.85. The molecule has 0 saturated carbocycles. The van der Waals surface area contributed by atoms with E-state index in [-0.39, 0.29) is 5.82 Å². The van der Waals surface area contributed by atoms with Crippen LogP contribution in [0.4, 0.5) is 4.39 Å². The number of aromatic nitrogens is 1. The van der Waals surface area contributed by atoms with Gasteiger partial charge in [-0.15, -0.1) is 6.58 Å². The lowest BCUT2D eigenvalue weighted by Gasteiger charge is -2.21. The van der Waals surface area contributed by atoms with Gasteiger partial charge in [0, 0.05) is 44.3 Å². The molecule has 1 aromatic carbocycles. The molecule has 5 heteroatoms. The molecule has 1 aromatic heterocycles. The number of allylic oxidation sites excluding steroid dienone is 1. The van der Waals surface area contributed by atoms with Gasteiger partial charge < -0.3 is 15.2 Å². The van der Waals surface area contributed by atoms with E-state index in [0.29, 0.717) is 0 Å². The van der Waals surface area contributed by atoms with Crippen molar-refractivity contribution < 1.29 is 4.39 Å². The van der Waals surface area contributed by atoms with Crippen LogP contribution in [0.25, 0.3) is 10.9 Å². The lowest BCUT2D eigenvalue weighted by molar-refractivity contribution is 0.470. The maximum absolute atomic E-state index is 13.2. The second-order valence-electron chi connectivity index (χ2n) is 5.58. The zero-order chi connectivity index (χ0) is 16.7. The van der Waals surface area contributed by atoms with Gasteiger partial charge in [0.15, 0.2) is 5.96 Å². The Morgan fingerprint density at radius 2 is 2.30 bits per heavy atom. The predicted molar refractivity (Wildman–Crippen MR) is 95.4 cm³/mol. The zero-order valence-electron chi connectivity index (χ0n) is 13.9. The van der Waals surface area contributed by atoms with E-state index >= 15 is 0 Å². The summed E-state index contributed by atoms with van der Waals surface area (Å²) < 4.78 is 13.2. The molecule has 0 aliphatic rings. The summed E-state index contributed by atoms with van der Waals surface area (Å²) in [7, 11) is 3.83. The number of nitrogens with zero attached hydrogens (tertiary/aromatic N) is 2. The van der Waals surface area contributed by atoms with E-state index in [1.807, 2.05) is 25.4 Å². The van der Waals surface area contributed by atoms with Gasteiger partial charge in [-0.3, -0.25) is 4.99 Å². The Hall–Kier alpha value is -2.30. The zero-order valence-corrected chi connectivity index (χ0v) is 13.9. The Balaban J connectivity index is 1.88. The van der Waals surface area contributed by atoms with Gasteiger partial charge in [-0.2, -0.15) is 0 Å². The monoisotopic (exact) mass is 316 g/mol. The summed E-state index contributed by atoms with van der Waals surface area (Å²) in [6.07, 6.45) is 6.80. The summed E-state index contributed by atoms with van der Waals surface area (Å²) in [5.74, 6) is 0.672. The Labute approximate surface area is 137 Å². The number of nitrogens with one attached hydrogen (secondary N) is 2. The van der Waals surface area contributed by atoms with E-state index in [0.717, 1.165) is 49.2 Å². The number of fused-ring (bicyclic) bond motifs is 1. The number of guanidine groups is 1. The van der Waals surface area contributed by atoms with Crippen LogP contribution in [0.1, 0.15) is 18.4 Å². The Kier molecular flexibility index (Phi) is 6.20. The molecule has 23 heavy (non-hydrogen) atoms. The normalized spacial score (nSPS) is 11.7. The third-order valence-corrected chi connectivity index (χ3v) is 3.88. The number of benzene rings is 1. The number of aliphatic imine (C=N–C) groups is 1. The molecule has 0 fully saturated rings. The first-order chi connectivity index (χ1) is 11.2. The van der Waals surface area contributed by atoms with Crippen molar-refractivity contribution >= 4 is 16.9 Å². The van der Waals surface area contributed by atoms with Crippen molar-refractivity contribution in [2.45, 2.75) is 19.3 Å². The van der Waals surface area contributed by atoms with Crippen molar-refractivity contribution in [3.63, 3.8) is 0 Å². The van der Waals surface area contributed by atoms with Crippen LogP contribution in [-0.4, -0.2) is 43.0 Å². The minimum Gasteiger partial charge on any atom is -0.361 e. The molecular weight excluding hydrogens is 291 g/mol. The fourth-order valence-electron chi connectivity index (χ4n) is 2.64. The van der Waals surface area contributed by atoms with Gasteiger partial charge in [0.05, 0.1) is 0 Å². The third-order valence-electron chi connectivity index (χ3n) is 3.88. The molecule has 0 amide bonds. The number of unbranched alkanes of at least 4 members (excludes halogenated alkanes) is 1. The standard InChI is InChI=1S/C18H25FN4/c1-4-5-6-11-23(3)18(20-2)21-10-9-14-13-22-17-12-15(19)7-8-16(14)17/h4,7-8,12-13,22H,1,5-6,9-11H2,2-3H3,(H,20,21). The van der Waals surface area contributed by atoms with Crippen LogP contribution >= 0.6 is 0 Å². The molecule has 0 saturated heterocycles. The van der Waals surface area contributed by atoms with Crippen molar-refractivity contribution in [1.82, 2.24) is 15.2 Å². The number of H-pyrrole nitrogens is 1. The molecule has 2 rings (SSSR count). The first-order valence-corrected chi connectivity index (χ1v) is 7.94. The number of rotatable bonds is 7. The summed E-state index contributed by atoms with van der Waals surface area (Å²) in [5, 5.41) is 4.44. The predicted octanol–water partition coefficient (Wildman–Crippen LogP) is 3.32. The Bertz CT molecular complexity index is 675. The molecule has 0 aliphatic heterocycles. The maximum Gasteiger partial charge on any atom is 0.193 e. The van der Waals surface area contributed by atoms with Crippen LogP contribution in [0.2, 0.25) is 0 Å². The fourth-order valence-corrected chi connectivity index (χ4v) is 2.64. The molecule has 0 atom stereocenters. The number of halogens is 1. The summed E-state index contributed by atoms with van der Waals surface area (Å²) in [4.78, 5) is 9.55. The highest BCUT2D eigenvalue weighted by atomic mass is 19.1. The largest absolute Gasteiger partial charge is 0.361 e. The first-order valence-electron chi connectivity index (χ1n) is 7.94. The smallest absolute Gasteiger partial charge is 0.193 e. The van der Waals surface area contributed by atoms with Gasteiger partial charge in [0.1, 0.15) is 5.82 Å². The van der Waals surface area contributed by atoms with E-state index in [1.54, 1.807) is 7.05 Å². The van der Waals surface area contributed by atoms with Crippen molar-refractivity contribution in [3.05, 3.63) is 48.4 Å². The highest BCUT2D eigenvalue weighted by molar-refractivity contribution is 5.83. The van der Waals surface area contributed by atoms with Gasteiger partial charge in [-0.1, -0.05) is 6.08 Å². The molecule has 0 unspecified atom stereocenters. The van der Waals surface area contributed by atoms with E-state index in [2.05, 4.69) is 26.8 Å². The molecule has 0 bridgehead atoms. The van der Waals surface area contributed by atoms with E-state index in [1.165, 1.54) is 17.7 Å². The Morgan fingerprint density at radius 1 is 1.48 bits per heavy atom. The van der Waals surface area contributed by atoms with Crippen LogP contribution in [0.15, 0.2) is 42.0 Å². The molecule has 124 valence electrons. The Morgan fingerprint density at radius 3 is 3.04 bits per heavy atom. The topological polar surface area (TPSA) is 43.4 Å². The van der Waals surface area contributed by atoms with Crippen LogP contribution in [0, 0.1) is 5.82 Å². The lowest BCUT2D eigenvalue weighted by atomic mass is 10.1. The minimum absolute atomic E-state index is 0.217. The molecule has 0 aliphatic carbocycles. The summed E-state index contributed by atoms with van der Waals surface area (Å²) >= 11 is 0. The molecule has 0 radical (unpaired) electrons. The highest BCUT2D eigenvalue weighted by Crippen LogP contribution is 2.19. The van der Waals surface area contributed by atoms with Gasteiger partial charge in [0.2, 0.25) is 0 Å². The molecule has 4 nitrogen and oxygen atoms in total. The number of aromatic amines is 1. The van der Waals surface area contributed by atoms with Crippen molar-refractivity contribution in [1.29, 1.82) is 0 Å². The summed E-state index contributed by atoms with van der Waals surface area (Å²) in [6.45, 7) is 5.46. The van der Waals surface area contributed by atoms with Crippen LogP contribution in [0.3, 0.4) is 0 Å². The second kappa shape index (κ2) is 8.36. The third kappa shape index (κ3) is 4.58. The van der Waals surface area contributed by atoms with Crippen molar-refractivity contribution in [3.8, 4) is 0 Å². The van der Waals surface area contributed by atoms with Crippen molar-refractivity contribution in [2.24, 2.45) is 4.99 Å². The van der Waals surface area contributed by atoms with Gasteiger partial charge in [0.25, 0.3) is 0 Å². The lowest BCUT2D eigenvalue weighted by Crippen LogP contribution is -2.40. The first kappa shape index (κ1) is 17.1. The summed E-state index contributed by atoms with van der Waals surface area (Å²) in [5.41, 5.74) is 2.02. The van der Waals surface area contributed by atoms with Gasteiger partial charge in [-0.05, 0) is 43.0 Å². The van der Waals surface area contributed by atoms with Crippen molar-refractivity contribution in [2.75, 3.05) is 27.2 Å². The average molecular weight is 316 g/mol. The maximum atomic E-state index is 13.2. The molecular formula is C18H25FN4. The van der Waals surface area contributed by atoms with Crippen LogP contribution < -0.4 is 5.32 Å². The van der Waals surface area contributed by atoms with Crippen LogP contribution in [0.5, 0.6) is 0 Å². The fraction of sp³-hybridized carbons (Fsp3) is 0.389.